The van der Waals surface area contributed by atoms with Gasteiger partial charge in [-0.2, -0.15) is 0 Å². The topological polar surface area (TPSA) is 52.7 Å². The summed E-state index contributed by atoms with van der Waals surface area (Å²) in [6.07, 6.45) is 3.88. The zero-order chi connectivity index (χ0) is 13.5. The number of nitrogens with one attached hydrogen (secondary N) is 1. The molecule has 1 aliphatic rings. The first-order chi connectivity index (χ1) is 8.52. The van der Waals surface area contributed by atoms with E-state index in [0.717, 1.165) is 25.9 Å². The Hall–Kier alpha value is -1.10. The third-order valence-electron chi connectivity index (χ3n) is 3.33. The molecule has 0 spiro atoms. The molecule has 1 heterocycles. The van der Waals surface area contributed by atoms with Crippen molar-refractivity contribution in [1.29, 1.82) is 0 Å². The molecule has 2 amide bonds. The van der Waals surface area contributed by atoms with Crippen molar-refractivity contribution in [3.05, 3.63) is 0 Å². The summed E-state index contributed by atoms with van der Waals surface area (Å²) < 4.78 is 0. The highest BCUT2D eigenvalue weighted by atomic mass is 16.2. The number of hydrogen-bond acceptors (Lipinski definition) is 3. The number of piperidine rings is 1. The molecule has 0 aromatic carbocycles. The molecule has 0 aromatic rings. The van der Waals surface area contributed by atoms with Gasteiger partial charge in [-0.3, -0.25) is 9.59 Å². The molecule has 18 heavy (non-hydrogen) atoms. The van der Waals surface area contributed by atoms with Crippen LogP contribution in [-0.2, 0) is 9.59 Å². The highest BCUT2D eigenvalue weighted by Gasteiger charge is 2.21. The van der Waals surface area contributed by atoms with E-state index in [1.54, 1.807) is 19.0 Å². The second-order valence-electron chi connectivity index (χ2n) is 5.10. The molecule has 1 unspecified atom stereocenters. The van der Waals surface area contributed by atoms with Crippen LogP contribution in [0.25, 0.3) is 0 Å². The van der Waals surface area contributed by atoms with Crippen LogP contribution in [0.15, 0.2) is 0 Å². The van der Waals surface area contributed by atoms with Crippen molar-refractivity contribution in [2.75, 3.05) is 33.7 Å². The quantitative estimate of drug-likeness (QED) is 0.776. The number of likely N-dealkylation sites (tertiary alicyclic amines) is 1. The predicted molar refractivity (Wildman–Crippen MR) is 71.2 cm³/mol. The lowest BCUT2D eigenvalue weighted by Gasteiger charge is -2.29. The molecule has 1 N–H and O–H groups in total. The summed E-state index contributed by atoms with van der Waals surface area (Å²) in [6, 6.07) is -0.196. The number of carbonyl (C=O) groups excluding carboxylic acids is 2. The largest absolute Gasteiger partial charge is 0.349 e. The SMILES string of the molecule is CC(NCCC(=O)N(C)C)C(=O)N1CCCCC1. The average Bonchev–Trinajstić information content (AvgIpc) is 2.38. The molecule has 1 atom stereocenters. The highest BCUT2D eigenvalue weighted by Crippen LogP contribution is 2.09. The van der Waals surface area contributed by atoms with Gasteiger partial charge in [0.05, 0.1) is 6.04 Å². The van der Waals surface area contributed by atoms with E-state index >= 15 is 0 Å². The summed E-state index contributed by atoms with van der Waals surface area (Å²) in [4.78, 5) is 27.0. The van der Waals surface area contributed by atoms with Crippen molar-refractivity contribution in [3.63, 3.8) is 0 Å². The Morgan fingerprint density at radius 1 is 1.22 bits per heavy atom. The fourth-order valence-electron chi connectivity index (χ4n) is 2.09. The number of amides is 2. The molecule has 0 radical (unpaired) electrons. The molecular formula is C13H25N3O2. The first kappa shape index (κ1) is 15.0. The third-order valence-corrected chi connectivity index (χ3v) is 3.33. The molecule has 1 rings (SSSR count). The van der Waals surface area contributed by atoms with Gasteiger partial charge in [0.2, 0.25) is 11.8 Å². The van der Waals surface area contributed by atoms with Gasteiger partial charge in [-0.25, -0.2) is 0 Å². The van der Waals surface area contributed by atoms with E-state index in [4.69, 9.17) is 0 Å². The highest BCUT2D eigenvalue weighted by molar-refractivity contribution is 5.81. The van der Waals surface area contributed by atoms with Gasteiger partial charge in [-0.1, -0.05) is 0 Å². The number of rotatable bonds is 5. The molecule has 5 nitrogen and oxygen atoms in total. The fourth-order valence-corrected chi connectivity index (χ4v) is 2.09. The van der Waals surface area contributed by atoms with E-state index in [1.807, 2.05) is 11.8 Å². The molecule has 1 saturated heterocycles. The Bertz CT molecular complexity index is 286. The molecule has 0 aliphatic carbocycles. The summed E-state index contributed by atoms with van der Waals surface area (Å²) in [5, 5.41) is 3.13. The van der Waals surface area contributed by atoms with Gasteiger partial charge in [-0.15, -0.1) is 0 Å². The minimum Gasteiger partial charge on any atom is -0.349 e. The fraction of sp³-hybridized carbons (Fsp3) is 0.846. The van der Waals surface area contributed by atoms with E-state index in [-0.39, 0.29) is 17.9 Å². The van der Waals surface area contributed by atoms with Crippen LogP contribution >= 0.6 is 0 Å². The van der Waals surface area contributed by atoms with Gasteiger partial charge in [0.25, 0.3) is 0 Å². The summed E-state index contributed by atoms with van der Waals surface area (Å²) in [7, 11) is 3.48. The maximum absolute atomic E-state index is 12.1. The summed E-state index contributed by atoms with van der Waals surface area (Å²) in [5.74, 6) is 0.243. The lowest BCUT2D eigenvalue weighted by atomic mass is 10.1. The zero-order valence-corrected chi connectivity index (χ0v) is 11.7. The van der Waals surface area contributed by atoms with Crippen LogP contribution in [0.3, 0.4) is 0 Å². The Labute approximate surface area is 110 Å². The van der Waals surface area contributed by atoms with Crippen molar-refractivity contribution in [1.82, 2.24) is 15.1 Å². The molecule has 0 saturated carbocycles. The van der Waals surface area contributed by atoms with Crippen LogP contribution in [0.1, 0.15) is 32.6 Å². The van der Waals surface area contributed by atoms with E-state index < -0.39 is 0 Å². The Kier molecular flexibility index (Phi) is 6.12. The molecule has 5 heteroatoms. The first-order valence-electron chi connectivity index (χ1n) is 6.74. The molecule has 0 bridgehead atoms. The third kappa shape index (κ3) is 4.64. The van der Waals surface area contributed by atoms with E-state index in [0.29, 0.717) is 13.0 Å². The van der Waals surface area contributed by atoms with E-state index in [9.17, 15) is 9.59 Å². The van der Waals surface area contributed by atoms with Gasteiger partial charge >= 0.3 is 0 Å². The standard InChI is InChI=1S/C13H25N3O2/c1-11(14-8-7-12(17)15(2)3)13(18)16-9-5-4-6-10-16/h11,14H,4-10H2,1-3H3. The molecular weight excluding hydrogens is 230 g/mol. The second-order valence-corrected chi connectivity index (χ2v) is 5.10. The van der Waals surface area contributed by atoms with Crippen molar-refractivity contribution in [2.24, 2.45) is 0 Å². The Balaban J connectivity index is 2.25. The lowest BCUT2D eigenvalue weighted by molar-refractivity contribution is -0.134. The Morgan fingerprint density at radius 2 is 1.83 bits per heavy atom. The smallest absolute Gasteiger partial charge is 0.239 e. The van der Waals surface area contributed by atoms with Crippen molar-refractivity contribution < 1.29 is 9.59 Å². The zero-order valence-electron chi connectivity index (χ0n) is 11.7. The summed E-state index contributed by atoms with van der Waals surface area (Å²) in [6.45, 7) is 4.18. The normalized spacial score (nSPS) is 17.4. The first-order valence-corrected chi connectivity index (χ1v) is 6.74. The lowest BCUT2D eigenvalue weighted by Crippen LogP contribution is -2.47. The van der Waals surface area contributed by atoms with E-state index in [2.05, 4.69) is 5.32 Å². The van der Waals surface area contributed by atoms with Crippen LogP contribution < -0.4 is 5.32 Å². The van der Waals surface area contributed by atoms with Gasteiger partial charge in [0, 0.05) is 40.2 Å². The van der Waals surface area contributed by atoms with Crippen LogP contribution in [-0.4, -0.2) is 61.4 Å². The van der Waals surface area contributed by atoms with Crippen molar-refractivity contribution >= 4 is 11.8 Å². The van der Waals surface area contributed by atoms with Gasteiger partial charge in [0.1, 0.15) is 0 Å². The minimum absolute atomic E-state index is 0.0834. The predicted octanol–water partition coefficient (Wildman–Crippen LogP) is 0.455. The molecule has 1 fully saturated rings. The molecule has 0 aromatic heterocycles. The Morgan fingerprint density at radius 3 is 2.39 bits per heavy atom. The van der Waals surface area contributed by atoms with Gasteiger partial charge in [0.15, 0.2) is 0 Å². The maximum atomic E-state index is 12.1. The summed E-state index contributed by atoms with van der Waals surface area (Å²) in [5.41, 5.74) is 0. The van der Waals surface area contributed by atoms with Gasteiger partial charge in [-0.05, 0) is 26.2 Å². The van der Waals surface area contributed by atoms with E-state index in [1.165, 1.54) is 6.42 Å². The van der Waals surface area contributed by atoms with Crippen LogP contribution in [0.5, 0.6) is 0 Å². The molecule has 1 aliphatic heterocycles. The second kappa shape index (κ2) is 7.36. The minimum atomic E-state index is -0.196. The number of carbonyl (C=O) groups is 2. The van der Waals surface area contributed by atoms with Crippen LogP contribution in [0.4, 0.5) is 0 Å². The van der Waals surface area contributed by atoms with Crippen molar-refractivity contribution in [2.45, 2.75) is 38.6 Å². The maximum Gasteiger partial charge on any atom is 0.239 e. The van der Waals surface area contributed by atoms with Gasteiger partial charge < -0.3 is 15.1 Å². The summed E-state index contributed by atoms with van der Waals surface area (Å²) >= 11 is 0. The molecule has 104 valence electrons. The number of hydrogen-bond donors (Lipinski definition) is 1. The number of nitrogens with zero attached hydrogens (tertiary/aromatic N) is 2. The van der Waals surface area contributed by atoms with Crippen LogP contribution in [0.2, 0.25) is 0 Å². The average molecular weight is 255 g/mol. The monoisotopic (exact) mass is 255 g/mol. The van der Waals surface area contributed by atoms with Crippen molar-refractivity contribution in [3.8, 4) is 0 Å². The van der Waals surface area contributed by atoms with Crippen LogP contribution in [0, 0.1) is 0 Å².